The summed E-state index contributed by atoms with van der Waals surface area (Å²) in [6.07, 6.45) is 6.16. The zero-order valence-corrected chi connectivity index (χ0v) is 18.8. The van der Waals surface area contributed by atoms with Gasteiger partial charge < -0.3 is 16.0 Å². The molecule has 6 heteroatoms. The summed E-state index contributed by atoms with van der Waals surface area (Å²) in [4.78, 5) is 13.7. The van der Waals surface area contributed by atoms with E-state index in [2.05, 4.69) is 81.2 Å². The minimum Gasteiger partial charge on any atom is -0.368 e. The monoisotopic (exact) mass is 428 g/mol. The number of benzene rings is 2. The van der Waals surface area contributed by atoms with Crippen LogP contribution in [0.5, 0.6) is 0 Å². The molecule has 0 unspecified atom stereocenters. The van der Waals surface area contributed by atoms with Crippen LogP contribution in [0.1, 0.15) is 44.6 Å². The van der Waals surface area contributed by atoms with Crippen molar-refractivity contribution in [1.29, 1.82) is 0 Å². The van der Waals surface area contributed by atoms with Gasteiger partial charge >= 0.3 is 0 Å². The van der Waals surface area contributed by atoms with Gasteiger partial charge in [-0.25, -0.2) is 0 Å². The molecule has 2 aromatic carbocycles. The molecule has 1 aromatic heterocycles. The second-order valence-corrected chi connectivity index (χ2v) is 8.18. The Labute approximate surface area is 190 Å². The predicted molar refractivity (Wildman–Crippen MR) is 135 cm³/mol. The highest BCUT2D eigenvalue weighted by atomic mass is 15.2. The summed E-state index contributed by atoms with van der Waals surface area (Å²) in [7, 11) is 0. The molecular weight excluding hydrogens is 396 g/mol. The molecule has 0 saturated heterocycles. The number of nitrogens with one attached hydrogen (secondary N) is 3. The third kappa shape index (κ3) is 5.44. The molecule has 0 spiro atoms. The Kier molecular flexibility index (Phi) is 7.33. The standard InChI is InChI=1S/C26H32N6/c1-3-28-24-23(27-2)25(32-26(31-24)30-22-12-8-5-9-13-22)29-18-19-14-16-21(17-15-19)20-10-6-4-7-11-20/h4,6-7,10-11,14-17,22H,2-3,5,8-9,12-13,18H2,1H3,(H3,28,29,30,31,32). The average Bonchev–Trinajstić information content (AvgIpc) is 2.84. The summed E-state index contributed by atoms with van der Waals surface area (Å²) in [6.45, 7) is 7.19. The molecule has 3 N–H and O–H groups in total. The van der Waals surface area contributed by atoms with Gasteiger partial charge in [-0.05, 0) is 43.2 Å². The van der Waals surface area contributed by atoms with Crippen LogP contribution in [-0.4, -0.2) is 29.3 Å². The highest BCUT2D eigenvalue weighted by Gasteiger charge is 2.18. The maximum Gasteiger partial charge on any atom is 0.226 e. The maximum atomic E-state index is 4.75. The molecule has 6 nitrogen and oxygen atoms in total. The maximum absolute atomic E-state index is 4.75. The van der Waals surface area contributed by atoms with E-state index in [9.17, 15) is 0 Å². The summed E-state index contributed by atoms with van der Waals surface area (Å²) < 4.78 is 0. The summed E-state index contributed by atoms with van der Waals surface area (Å²) in [5.41, 5.74) is 4.25. The summed E-state index contributed by atoms with van der Waals surface area (Å²) in [5, 5.41) is 10.3. The second kappa shape index (κ2) is 10.8. The first kappa shape index (κ1) is 21.8. The van der Waals surface area contributed by atoms with Gasteiger partial charge in [0.2, 0.25) is 5.95 Å². The van der Waals surface area contributed by atoms with E-state index in [0.717, 1.165) is 19.4 Å². The number of hydrogen-bond donors (Lipinski definition) is 3. The van der Waals surface area contributed by atoms with Gasteiger partial charge in [-0.2, -0.15) is 9.97 Å². The van der Waals surface area contributed by atoms with E-state index in [1.54, 1.807) is 0 Å². The van der Waals surface area contributed by atoms with Crippen LogP contribution in [0.4, 0.5) is 23.3 Å². The summed E-state index contributed by atoms with van der Waals surface area (Å²) >= 11 is 0. The molecule has 1 fully saturated rings. The smallest absolute Gasteiger partial charge is 0.226 e. The topological polar surface area (TPSA) is 74.2 Å². The van der Waals surface area contributed by atoms with Crippen molar-refractivity contribution in [3.8, 4) is 11.1 Å². The largest absolute Gasteiger partial charge is 0.368 e. The quantitative estimate of drug-likeness (QED) is 0.351. The molecule has 0 bridgehead atoms. The van der Waals surface area contributed by atoms with Gasteiger partial charge in [-0.1, -0.05) is 73.9 Å². The Bertz CT molecular complexity index is 1010. The fraction of sp³-hybridized carbons (Fsp3) is 0.346. The number of aromatic nitrogens is 2. The molecule has 0 aliphatic heterocycles. The molecule has 32 heavy (non-hydrogen) atoms. The van der Waals surface area contributed by atoms with Crippen LogP contribution in [0.2, 0.25) is 0 Å². The van der Waals surface area contributed by atoms with Crippen LogP contribution in [0.3, 0.4) is 0 Å². The summed E-state index contributed by atoms with van der Waals surface area (Å²) in [5.74, 6) is 2.04. The highest BCUT2D eigenvalue weighted by Crippen LogP contribution is 2.33. The molecule has 0 radical (unpaired) electrons. The van der Waals surface area contributed by atoms with Crippen molar-refractivity contribution >= 4 is 30.0 Å². The Balaban J connectivity index is 1.51. The molecule has 3 aromatic rings. The van der Waals surface area contributed by atoms with Crippen molar-refractivity contribution in [2.75, 3.05) is 22.5 Å². The highest BCUT2D eigenvalue weighted by molar-refractivity contribution is 5.77. The van der Waals surface area contributed by atoms with Crippen LogP contribution in [0, 0.1) is 0 Å². The van der Waals surface area contributed by atoms with Crippen molar-refractivity contribution < 1.29 is 0 Å². The molecule has 0 amide bonds. The molecule has 1 aliphatic rings. The van der Waals surface area contributed by atoms with Crippen molar-refractivity contribution in [1.82, 2.24) is 9.97 Å². The summed E-state index contributed by atoms with van der Waals surface area (Å²) in [6, 6.07) is 19.4. The molecule has 4 rings (SSSR count). The minimum atomic E-state index is 0.430. The normalized spacial score (nSPS) is 14.0. The second-order valence-electron chi connectivity index (χ2n) is 8.18. The number of hydrogen-bond acceptors (Lipinski definition) is 6. The van der Waals surface area contributed by atoms with E-state index in [0.29, 0.717) is 35.9 Å². The molecule has 1 saturated carbocycles. The Morgan fingerprint density at radius 1 is 0.875 bits per heavy atom. The average molecular weight is 429 g/mol. The van der Waals surface area contributed by atoms with Gasteiger partial charge in [0.1, 0.15) is 5.69 Å². The van der Waals surface area contributed by atoms with Gasteiger partial charge in [0.05, 0.1) is 0 Å². The fourth-order valence-electron chi connectivity index (χ4n) is 4.14. The van der Waals surface area contributed by atoms with Crippen molar-refractivity contribution in [2.24, 2.45) is 4.99 Å². The molecular formula is C26H32N6. The van der Waals surface area contributed by atoms with E-state index in [1.165, 1.54) is 36.0 Å². The third-order valence-corrected chi connectivity index (χ3v) is 5.85. The third-order valence-electron chi connectivity index (χ3n) is 5.85. The lowest BCUT2D eigenvalue weighted by Crippen LogP contribution is -2.24. The zero-order chi connectivity index (χ0) is 22.2. The lowest BCUT2D eigenvalue weighted by atomic mass is 9.96. The van der Waals surface area contributed by atoms with E-state index >= 15 is 0 Å². The minimum absolute atomic E-state index is 0.430. The first-order valence-electron chi connectivity index (χ1n) is 11.5. The zero-order valence-electron chi connectivity index (χ0n) is 18.8. The molecule has 0 atom stereocenters. The molecule has 1 heterocycles. The van der Waals surface area contributed by atoms with Crippen molar-refractivity contribution in [2.45, 2.75) is 51.6 Å². The van der Waals surface area contributed by atoms with E-state index in [-0.39, 0.29) is 0 Å². The number of rotatable bonds is 9. The SMILES string of the molecule is C=Nc1c(NCC)nc(NC2CCCCC2)nc1NCc1ccc(-c2ccccc2)cc1. The van der Waals surface area contributed by atoms with Crippen LogP contribution >= 0.6 is 0 Å². The van der Waals surface area contributed by atoms with Gasteiger partial charge in [-0.3, -0.25) is 4.99 Å². The van der Waals surface area contributed by atoms with E-state index in [1.807, 2.05) is 13.0 Å². The van der Waals surface area contributed by atoms with Gasteiger partial charge in [0.25, 0.3) is 0 Å². The Morgan fingerprint density at radius 2 is 1.53 bits per heavy atom. The van der Waals surface area contributed by atoms with Crippen molar-refractivity contribution in [3.63, 3.8) is 0 Å². The Hall–Kier alpha value is -3.41. The Morgan fingerprint density at radius 3 is 2.19 bits per heavy atom. The lowest BCUT2D eigenvalue weighted by Gasteiger charge is -2.23. The fourth-order valence-corrected chi connectivity index (χ4v) is 4.14. The first-order chi connectivity index (χ1) is 15.8. The van der Waals surface area contributed by atoms with E-state index < -0.39 is 0 Å². The number of aliphatic imine (C=N–C) groups is 1. The van der Waals surface area contributed by atoms with Crippen LogP contribution < -0.4 is 16.0 Å². The van der Waals surface area contributed by atoms with Crippen LogP contribution in [-0.2, 0) is 6.54 Å². The van der Waals surface area contributed by atoms with Crippen molar-refractivity contribution in [3.05, 3.63) is 60.2 Å². The van der Waals surface area contributed by atoms with Gasteiger partial charge in [0.15, 0.2) is 11.6 Å². The van der Waals surface area contributed by atoms with Gasteiger partial charge in [0, 0.05) is 19.1 Å². The van der Waals surface area contributed by atoms with Crippen LogP contribution in [0.25, 0.3) is 11.1 Å². The number of anilines is 3. The molecule has 1 aliphatic carbocycles. The molecule has 166 valence electrons. The number of nitrogens with zero attached hydrogens (tertiary/aromatic N) is 3. The van der Waals surface area contributed by atoms with Gasteiger partial charge in [-0.15, -0.1) is 0 Å². The lowest BCUT2D eigenvalue weighted by molar-refractivity contribution is 0.461. The first-order valence-corrected chi connectivity index (χ1v) is 11.5. The van der Waals surface area contributed by atoms with Crippen LogP contribution in [0.15, 0.2) is 59.6 Å². The van der Waals surface area contributed by atoms with E-state index in [4.69, 9.17) is 4.98 Å². The predicted octanol–water partition coefficient (Wildman–Crippen LogP) is 6.26.